The number of carbonyl (C=O) groups is 2. The third-order valence-corrected chi connectivity index (χ3v) is 3.74. The largest absolute Gasteiger partial charge is 0.354 e. The van der Waals surface area contributed by atoms with Crippen molar-refractivity contribution in [3.63, 3.8) is 0 Å². The summed E-state index contributed by atoms with van der Waals surface area (Å²) in [6.45, 7) is 11.6. The van der Waals surface area contributed by atoms with Crippen molar-refractivity contribution >= 4 is 24.1 Å². The fourth-order valence-corrected chi connectivity index (χ4v) is 2.93. The van der Waals surface area contributed by atoms with Crippen LogP contribution in [-0.2, 0) is 0 Å². The Labute approximate surface area is 138 Å². The highest BCUT2D eigenvalue weighted by atomic mass is 35.5. The van der Waals surface area contributed by atoms with Gasteiger partial charge in [0.2, 0.25) is 0 Å². The molecule has 22 heavy (non-hydrogen) atoms. The van der Waals surface area contributed by atoms with Gasteiger partial charge in [0.25, 0.3) is 5.91 Å². The Hall–Kier alpha value is -1.33. The number of Topliss-reactive ketones (excluding diaryl/α,β-unsaturated/α-hetero) is 1. The van der Waals surface area contributed by atoms with Crippen LogP contribution >= 0.6 is 12.4 Å². The van der Waals surface area contributed by atoms with E-state index in [9.17, 15) is 9.59 Å². The van der Waals surface area contributed by atoms with Gasteiger partial charge in [0.15, 0.2) is 5.78 Å². The monoisotopic (exact) mass is 329 g/mol. The molecular formula is C16H28ClN3O2. The van der Waals surface area contributed by atoms with E-state index < -0.39 is 5.54 Å². The summed E-state index contributed by atoms with van der Waals surface area (Å²) >= 11 is 0. The first kappa shape index (κ1) is 20.7. The highest BCUT2D eigenvalue weighted by Gasteiger charge is 2.28. The second kappa shape index (κ2) is 7.79. The number of hydrogen-bond donors (Lipinski definition) is 3. The fourth-order valence-electron chi connectivity index (χ4n) is 2.93. The molecule has 0 radical (unpaired) electrons. The average Bonchev–Trinajstić information content (AvgIpc) is 2.63. The molecule has 1 heterocycles. The highest BCUT2D eigenvalue weighted by molar-refractivity contribution is 6.02. The molecular weight excluding hydrogens is 302 g/mol. The van der Waals surface area contributed by atoms with Crippen molar-refractivity contribution in [2.24, 2.45) is 11.7 Å². The SMILES string of the molecule is CC(=O)c1c(C)[nH]c(C(=O)NC(C)(CN)CC(C)C)c1C.Cl. The van der Waals surface area contributed by atoms with Crippen LogP contribution in [0.4, 0.5) is 0 Å². The Morgan fingerprint density at radius 2 is 1.86 bits per heavy atom. The summed E-state index contributed by atoms with van der Waals surface area (Å²) in [6, 6.07) is 0. The lowest BCUT2D eigenvalue weighted by atomic mass is 9.90. The maximum Gasteiger partial charge on any atom is 0.268 e. The molecule has 126 valence electrons. The van der Waals surface area contributed by atoms with Crippen LogP contribution in [0.25, 0.3) is 0 Å². The number of aryl methyl sites for hydroxylation is 1. The third kappa shape index (κ3) is 4.58. The van der Waals surface area contributed by atoms with Gasteiger partial charge in [0, 0.05) is 17.8 Å². The van der Waals surface area contributed by atoms with Gasteiger partial charge in [-0.05, 0) is 45.6 Å². The van der Waals surface area contributed by atoms with Crippen molar-refractivity contribution in [1.29, 1.82) is 0 Å². The van der Waals surface area contributed by atoms with Crippen LogP contribution in [0.5, 0.6) is 0 Å². The number of H-pyrrole nitrogens is 1. The maximum absolute atomic E-state index is 12.5. The van der Waals surface area contributed by atoms with Crippen molar-refractivity contribution in [3.8, 4) is 0 Å². The maximum atomic E-state index is 12.5. The van der Waals surface area contributed by atoms with E-state index in [2.05, 4.69) is 24.1 Å². The second-order valence-electron chi connectivity index (χ2n) is 6.50. The van der Waals surface area contributed by atoms with Crippen molar-refractivity contribution in [1.82, 2.24) is 10.3 Å². The topological polar surface area (TPSA) is 88.0 Å². The molecule has 0 aliphatic heterocycles. The minimum Gasteiger partial charge on any atom is -0.354 e. The predicted molar refractivity (Wildman–Crippen MR) is 91.9 cm³/mol. The van der Waals surface area contributed by atoms with E-state index in [4.69, 9.17) is 5.73 Å². The van der Waals surface area contributed by atoms with Gasteiger partial charge in [-0.1, -0.05) is 13.8 Å². The lowest BCUT2D eigenvalue weighted by Gasteiger charge is -2.31. The fraction of sp³-hybridized carbons (Fsp3) is 0.625. The molecule has 0 spiro atoms. The van der Waals surface area contributed by atoms with E-state index in [-0.39, 0.29) is 24.1 Å². The van der Waals surface area contributed by atoms with E-state index in [0.29, 0.717) is 29.3 Å². The Bertz CT molecular complexity index is 552. The first-order chi connectivity index (χ1) is 9.61. The number of rotatable bonds is 6. The number of nitrogens with two attached hydrogens (primary N) is 1. The summed E-state index contributed by atoms with van der Waals surface area (Å²) in [5.74, 6) is 0.180. The summed E-state index contributed by atoms with van der Waals surface area (Å²) < 4.78 is 0. The number of aromatic amines is 1. The molecule has 5 nitrogen and oxygen atoms in total. The quantitative estimate of drug-likeness (QED) is 0.701. The van der Waals surface area contributed by atoms with Crippen LogP contribution in [0.1, 0.15) is 66.2 Å². The molecule has 0 bridgehead atoms. The number of amides is 1. The van der Waals surface area contributed by atoms with Crippen LogP contribution < -0.4 is 11.1 Å². The van der Waals surface area contributed by atoms with Crippen LogP contribution in [0, 0.1) is 19.8 Å². The van der Waals surface area contributed by atoms with Gasteiger partial charge in [-0.25, -0.2) is 0 Å². The van der Waals surface area contributed by atoms with E-state index in [1.165, 1.54) is 6.92 Å². The lowest BCUT2D eigenvalue weighted by molar-refractivity contribution is 0.0892. The van der Waals surface area contributed by atoms with E-state index in [0.717, 1.165) is 12.1 Å². The zero-order valence-corrected chi connectivity index (χ0v) is 15.1. The van der Waals surface area contributed by atoms with E-state index >= 15 is 0 Å². The molecule has 0 saturated carbocycles. The van der Waals surface area contributed by atoms with Gasteiger partial charge in [-0.2, -0.15) is 0 Å². The molecule has 0 aliphatic rings. The number of nitrogens with one attached hydrogen (secondary N) is 2. The number of carbonyl (C=O) groups excluding carboxylic acids is 2. The van der Waals surface area contributed by atoms with Crippen molar-refractivity contribution in [2.75, 3.05) is 6.54 Å². The van der Waals surface area contributed by atoms with Crippen LogP contribution in [0.15, 0.2) is 0 Å². The second-order valence-corrected chi connectivity index (χ2v) is 6.50. The molecule has 6 heteroatoms. The first-order valence-corrected chi connectivity index (χ1v) is 7.34. The van der Waals surface area contributed by atoms with Gasteiger partial charge in [-0.15, -0.1) is 12.4 Å². The summed E-state index contributed by atoms with van der Waals surface area (Å²) in [5, 5.41) is 3.00. The number of hydrogen-bond acceptors (Lipinski definition) is 3. The molecule has 0 aromatic carbocycles. The molecule has 1 unspecified atom stereocenters. The first-order valence-electron chi connectivity index (χ1n) is 7.34. The zero-order chi connectivity index (χ0) is 16.4. The van der Waals surface area contributed by atoms with Crippen LogP contribution in [0.3, 0.4) is 0 Å². The Morgan fingerprint density at radius 3 is 2.23 bits per heavy atom. The lowest BCUT2D eigenvalue weighted by Crippen LogP contribution is -2.52. The minimum absolute atomic E-state index is 0. The Kier molecular flexibility index (Phi) is 7.32. The van der Waals surface area contributed by atoms with Gasteiger partial charge >= 0.3 is 0 Å². The van der Waals surface area contributed by atoms with Gasteiger partial charge < -0.3 is 16.0 Å². The summed E-state index contributed by atoms with van der Waals surface area (Å²) in [7, 11) is 0. The number of halogens is 1. The smallest absolute Gasteiger partial charge is 0.268 e. The zero-order valence-electron chi connectivity index (χ0n) is 14.3. The van der Waals surface area contributed by atoms with Crippen LogP contribution in [0.2, 0.25) is 0 Å². The van der Waals surface area contributed by atoms with Gasteiger partial charge in [-0.3, -0.25) is 9.59 Å². The molecule has 1 rings (SSSR count). The van der Waals surface area contributed by atoms with Crippen molar-refractivity contribution in [3.05, 3.63) is 22.5 Å². The molecule has 0 fully saturated rings. The predicted octanol–water partition coefficient (Wildman–Crippen LogP) is 2.75. The minimum atomic E-state index is -0.451. The van der Waals surface area contributed by atoms with Gasteiger partial charge in [0.1, 0.15) is 5.69 Å². The molecule has 1 aromatic heterocycles. The molecule has 4 N–H and O–H groups in total. The van der Waals surface area contributed by atoms with Gasteiger partial charge in [0.05, 0.1) is 5.54 Å². The Morgan fingerprint density at radius 1 is 1.32 bits per heavy atom. The molecule has 0 aliphatic carbocycles. The summed E-state index contributed by atoms with van der Waals surface area (Å²) in [4.78, 5) is 27.2. The highest BCUT2D eigenvalue weighted by Crippen LogP contribution is 2.21. The number of ketones is 1. The molecule has 1 atom stereocenters. The van der Waals surface area contributed by atoms with E-state index in [1.807, 2.05) is 6.92 Å². The van der Waals surface area contributed by atoms with Crippen molar-refractivity contribution < 1.29 is 9.59 Å². The standard InChI is InChI=1S/C16H27N3O2.ClH/c1-9(2)7-16(6,8-17)19-15(21)14-10(3)13(12(5)20)11(4)18-14;/h9,18H,7-8,17H2,1-6H3,(H,19,21);1H. The molecule has 1 aromatic rings. The van der Waals surface area contributed by atoms with Crippen molar-refractivity contribution in [2.45, 2.75) is 53.5 Å². The molecule has 1 amide bonds. The third-order valence-electron chi connectivity index (χ3n) is 3.74. The summed E-state index contributed by atoms with van der Waals surface area (Å²) in [5.41, 5.74) is 7.84. The van der Waals surface area contributed by atoms with Crippen LogP contribution in [-0.4, -0.2) is 28.8 Å². The molecule has 0 saturated heterocycles. The average molecular weight is 330 g/mol. The normalized spacial score (nSPS) is 13.5. The summed E-state index contributed by atoms with van der Waals surface area (Å²) in [6.07, 6.45) is 0.799. The Balaban J connectivity index is 0.00000441. The van der Waals surface area contributed by atoms with E-state index in [1.54, 1.807) is 13.8 Å². The number of aromatic nitrogens is 1.